The highest BCUT2D eigenvalue weighted by atomic mass is 32.2. The van der Waals surface area contributed by atoms with Gasteiger partial charge in [-0.05, 0) is 38.8 Å². The van der Waals surface area contributed by atoms with Crippen molar-refractivity contribution in [2.45, 2.75) is 50.1 Å². The molecule has 1 aliphatic rings. The fraction of sp³-hybridized carbons (Fsp3) is 0.571. The zero-order chi connectivity index (χ0) is 14.9. The first-order valence-corrected chi connectivity index (χ1v) is 8.29. The van der Waals surface area contributed by atoms with Gasteiger partial charge in [-0.2, -0.15) is 4.31 Å². The second-order valence-corrected chi connectivity index (χ2v) is 7.18. The predicted molar refractivity (Wildman–Crippen MR) is 79.2 cm³/mol. The minimum atomic E-state index is -3.56. The van der Waals surface area contributed by atoms with Crippen molar-refractivity contribution < 1.29 is 13.2 Å². The number of piperidine rings is 1. The number of ether oxygens (including phenoxy) is 1. The van der Waals surface area contributed by atoms with Crippen molar-refractivity contribution in [3.63, 3.8) is 0 Å². The van der Waals surface area contributed by atoms with Crippen LogP contribution in [0, 0.1) is 0 Å². The minimum Gasteiger partial charge on any atom is -0.497 e. The second-order valence-electron chi connectivity index (χ2n) is 5.37. The Kier molecular flexibility index (Phi) is 4.25. The number of nitrogen functional groups attached to an aromatic ring is 1. The van der Waals surface area contributed by atoms with Gasteiger partial charge >= 0.3 is 0 Å². The van der Waals surface area contributed by atoms with Crippen LogP contribution in [0.5, 0.6) is 5.75 Å². The van der Waals surface area contributed by atoms with Crippen molar-refractivity contribution in [1.29, 1.82) is 0 Å². The van der Waals surface area contributed by atoms with Crippen LogP contribution >= 0.6 is 0 Å². The Bertz CT molecular complexity index is 576. The number of benzene rings is 1. The van der Waals surface area contributed by atoms with Gasteiger partial charge in [0.25, 0.3) is 0 Å². The molecule has 0 saturated carbocycles. The molecule has 0 aromatic heterocycles. The third-order valence-corrected chi connectivity index (χ3v) is 6.09. The summed E-state index contributed by atoms with van der Waals surface area (Å²) in [5.74, 6) is 0.557. The molecule has 2 rings (SSSR count). The van der Waals surface area contributed by atoms with Crippen LogP contribution in [0.1, 0.15) is 33.1 Å². The summed E-state index contributed by atoms with van der Waals surface area (Å²) in [5.41, 5.74) is 6.13. The van der Waals surface area contributed by atoms with Crippen LogP contribution in [0.3, 0.4) is 0 Å². The monoisotopic (exact) mass is 298 g/mol. The summed E-state index contributed by atoms with van der Waals surface area (Å²) in [7, 11) is -2.04. The molecular weight excluding hydrogens is 276 g/mol. The molecule has 0 aliphatic carbocycles. The van der Waals surface area contributed by atoms with Crippen molar-refractivity contribution in [3.8, 4) is 5.75 Å². The molecule has 1 aromatic rings. The molecule has 1 aliphatic heterocycles. The van der Waals surface area contributed by atoms with Gasteiger partial charge in [0, 0.05) is 18.2 Å². The number of nitrogens with zero attached hydrogens (tertiary/aromatic N) is 1. The quantitative estimate of drug-likeness (QED) is 0.869. The van der Waals surface area contributed by atoms with Gasteiger partial charge < -0.3 is 10.5 Å². The van der Waals surface area contributed by atoms with Crippen LogP contribution in [-0.2, 0) is 10.0 Å². The second kappa shape index (κ2) is 5.61. The molecule has 0 bridgehead atoms. The summed E-state index contributed by atoms with van der Waals surface area (Å²) < 4.78 is 32.3. The summed E-state index contributed by atoms with van der Waals surface area (Å²) >= 11 is 0. The first-order valence-electron chi connectivity index (χ1n) is 6.85. The van der Waals surface area contributed by atoms with Gasteiger partial charge in [-0.25, -0.2) is 8.42 Å². The molecule has 112 valence electrons. The molecule has 0 spiro atoms. The molecule has 1 aromatic carbocycles. The maximum Gasteiger partial charge on any atom is 0.245 e. The molecule has 2 unspecified atom stereocenters. The van der Waals surface area contributed by atoms with Crippen LogP contribution < -0.4 is 10.5 Å². The third kappa shape index (κ3) is 2.62. The van der Waals surface area contributed by atoms with Gasteiger partial charge in [-0.15, -0.1) is 0 Å². The first-order chi connectivity index (χ1) is 9.37. The molecule has 2 N–H and O–H groups in total. The molecule has 1 fully saturated rings. The van der Waals surface area contributed by atoms with Crippen LogP contribution in [0.2, 0.25) is 0 Å². The summed E-state index contributed by atoms with van der Waals surface area (Å²) in [6.07, 6.45) is 2.84. The number of anilines is 1. The Balaban J connectivity index is 2.44. The number of nitrogens with two attached hydrogens (primary N) is 1. The van der Waals surface area contributed by atoms with Crippen molar-refractivity contribution in [2.75, 3.05) is 12.8 Å². The lowest BCUT2D eigenvalue weighted by molar-refractivity contribution is 0.204. The highest BCUT2D eigenvalue weighted by Crippen LogP contribution is 2.33. The lowest BCUT2D eigenvalue weighted by Crippen LogP contribution is -2.47. The Morgan fingerprint density at radius 2 is 1.85 bits per heavy atom. The fourth-order valence-corrected chi connectivity index (χ4v) is 4.86. The molecule has 0 amide bonds. The van der Waals surface area contributed by atoms with Crippen molar-refractivity contribution in [1.82, 2.24) is 4.31 Å². The smallest absolute Gasteiger partial charge is 0.245 e. The fourth-order valence-electron chi connectivity index (χ4n) is 2.87. The zero-order valence-electron chi connectivity index (χ0n) is 12.2. The normalized spacial score (nSPS) is 24.6. The average molecular weight is 298 g/mol. The van der Waals surface area contributed by atoms with E-state index in [1.54, 1.807) is 16.4 Å². The van der Waals surface area contributed by atoms with Gasteiger partial charge in [0.2, 0.25) is 10.0 Å². The average Bonchev–Trinajstić information content (AvgIpc) is 2.37. The highest BCUT2D eigenvalue weighted by Gasteiger charge is 2.36. The third-order valence-electron chi connectivity index (χ3n) is 3.89. The Morgan fingerprint density at radius 1 is 1.25 bits per heavy atom. The van der Waals surface area contributed by atoms with Gasteiger partial charge in [0.15, 0.2) is 0 Å². The summed E-state index contributed by atoms with van der Waals surface area (Å²) in [6.45, 7) is 3.90. The Morgan fingerprint density at radius 3 is 2.35 bits per heavy atom. The van der Waals surface area contributed by atoms with E-state index in [0.29, 0.717) is 5.75 Å². The zero-order valence-corrected chi connectivity index (χ0v) is 13.0. The molecule has 6 heteroatoms. The molecule has 1 saturated heterocycles. The van der Waals surface area contributed by atoms with Crippen molar-refractivity contribution in [2.24, 2.45) is 0 Å². The lowest BCUT2D eigenvalue weighted by Gasteiger charge is -2.37. The number of sulfonamides is 1. The van der Waals surface area contributed by atoms with Crippen LogP contribution in [0.4, 0.5) is 5.69 Å². The predicted octanol–water partition coefficient (Wildman–Crippen LogP) is 2.23. The molecular formula is C14H22N2O3S. The SMILES string of the molecule is COc1ccc(S(=O)(=O)N2C(C)CCCC2C)c(N)c1. The van der Waals surface area contributed by atoms with E-state index < -0.39 is 10.0 Å². The summed E-state index contributed by atoms with van der Waals surface area (Å²) in [4.78, 5) is 0.166. The summed E-state index contributed by atoms with van der Waals surface area (Å²) in [5, 5.41) is 0. The maximum atomic E-state index is 12.8. The van der Waals surface area contributed by atoms with Gasteiger partial charge in [-0.1, -0.05) is 6.42 Å². The van der Waals surface area contributed by atoms with Crippen LogP contribution in [0.25, 0.3) is 0 Å². The molecule has 1 heterocycles. The number of hydrogen-bond acceptors (Lipinski definition) is 4. The molecule has 0 radical (unpaired) electrons. The number of methoxy groups -OCH3 is 1. The first kappa shape index (κ1) is 15.1. The lowest BCUT2D eigenvalue weighted by atomic mass is 10.0. The van der Waals surface area contributed by atoms with Crippen LogP contribution in [-0.4, -0.2) is 31.9 Å². The van der Waals surface area contributed by atoms with E-state index in [-0.39, 0.29) is 22.7 Å². The largest absolute Gasteiger partial charge is 0.497 e. The van der Waals surface area contributed by atoms with E-state index in [9.17, 15) is 8.42 Å². The topological polar surface area (TPSA) is 72.6 Å². The van der Waals surface area contributed by atoms with Crippen LogP contribution in [0.15, 0.2) is 23.1 Å². The van der Waals surface area contributed by atoms with E-state index in [0.717, 1.165) is 19.3 Å². The van der Waals surface area contributed by atoms with Gasteiger partial charge in [0.1, 0.15) is 10.6 Å². The van der Waals surface area contributed by atoms with E-state index in [1.807, 2.05) is 13.8 Å². The summed E-state index contributed by atoms with van der Waals surface area (Å²) in [6, 6.07) is 4.71. The van der Waals surface area contributed by atoms with Crippen molar-refractivity contribution in [3.05, 3.63) is 18.2 Å². The number of rotatable bonds is 3. The molecule has 5 nitrogen and oxygen atoms in total. The standard InChI is InChI=1S/C14H22N2O3S/c1-10-5-4-6-11(2)16(10)20(17,18)14-8-7-12(19-3)9-13(14)15/h7-11H,4-6,15H2,1-3H3. The Labute approximate surface area is 120 Å². The highest BCUT2D eigenvalue weighted by molar-refractivity contribution is 7.89. The van der Waals surface area contributed by atoms with E-state index in [4.69, 9.17) is 10.5 Å². The Hall–Kier alpha value is -1.27. The van der Waals surface area contributed by atoms with Gasteiger partial charge in [0.05, 0.1) is 12.8 Å². The maximum absolute atomic E-state index is 12.8. The van der Waals surface area contributed by atoms with E-state index >= 15 is 0 Å². The molecule has 20 heavy (non-hydrogen) atoms. The molecule has 2 atom stereocenters. The van der Waals surface area contributed by atoms with Crippen molar-refractivity contribution >= 4 is 15.7 Å². The van der Waals surface area contributed by atoms with E-state index in [1.165, 1.54) is 13.2 Å². The van der Waals surface area contributed by atoms with E-state index in [2.05, 4.69) is 0 Å². The number of hydrogen-bond donors (Lipinski definition) is 1. The minimum absolute atomic E-state index is 0.00486. The van der Waals surface area contributed by atoms with Gasteiger partial charge in [-0.3, -0.25) is 0 Å².